The van der Waals surface area contributed by atoms with Gasteiger partial charge >= 0.3 is 0 Å². The number of amides is 1. The number of halogens is 1. The van der Waals surface area contributed by atoms with Gasteiger partial charge in [0.05, 0.1) is 25.5 Å². The van der Waals surface area contributed by atoms with Crippen molar-refractivity contribution in [2.24, 2.45) is 0 Å². The molecule has 0 radical (unpaired) electrons. The number of methoxy groups -OCH3 is 2. The van der Waals surface area contributed by atoms with E-state index in [0.717, 1.165) is 0 Å². The first-order valence-corrected chi connectivity index (χ1v) is 10.4. The van der Waals surface area contributed by atoms with Crippen LogP contribution in [0.15, 0.2) is 77.6 Å². The number of carbonyl (C=O) groups is 1. The van der Waals surface area contributed by atoms with Crippen LogP contribution in [-0.4, -0.2) is 29.9 Å². The smallest absolute Gasteiger partial charge is 0.256 e. The maximum atomic E-state index is 13.6. The van der Waals surface area contributed by atoms with Gasteiger partial charge in [0.2, 0.25) is 5.43 Å². The van der Waals surface area contributed by atoms with Crippen molar-refractivity contribution in [1.82, 2.24) is 9.78 Å². The third-order valence-corrected chi connectivity index (χ3v) is 5.27. The highest BCUT2D eigenvalue weighted by molar-refractivity contribution is 6.05. The Hall–Kier alpha value is -4.46. The molecule has 0 saturated carbocycles. The fourth-order valence-electron chi connectivity index (χ4n) is 3.49. The van der Waals surface area contributed by atoms with Crippen LogP contribution >= 0.6 is 0 Å². The summed E-state index contributed by atoms with van der Waals surface area (Å²) in [6.07, 6.45) is 0. The summed E-state index contributed by atoms with van der Waals surface area (Å²) in [5.74, 6) is 0.434. The van der Waals surface area contributed by atoms with E-state index >= 15 is 0 Å². The lowest BCUT2D eigenvalue weighted by atomic mass is 10.0. The number of aryl methyl sites for hydroxylation is 1. The molecule has 0 aliphatic carbocycles. The van der Waals surface area contributed by atoms with Gasteiger partial charge in [-0.2, -0.15) is 5.10 Å². The zero-order valence-electron chi connectivity index (χ0n) is 18.8. The first kappa shape index (κ1) is 22.7. The van der Waals surface area contributed by atoms with Gasteiger partial charge in [0.1, 0.15) is 28.8 Å². The Kier molecular flexibility index (Phi) is 6.40. The van der Waals surface area contributed by atoms with Gasteiger partial charge in [-0.3, -0.25) is 9.59 Å². The van der Waals surface area contributed by atoms with E-state index in [4.69, 9.17) is 9.47 Å². The molecule has 0 bridgehead atoms. The van der Waals surface area contributed by atoms with Crippen LogP contribution in [0, 0.1) is 12.7 Å². The largest absolute Gasteiger partial charge is 0.497 e. The van der Waals surface area contributed by atoms with Gasteiger partial charge in [-0.1, -0.05) is 12.1 Å². The predicted octanol–water partition coefficient (Wildman–Crippen LogP) is 4.62. The van der Waals surface area contributed by atoms with Crippen molar-refractivity contribution < 1.29 is 18.7 Å². The monoisotopic (exact) mass is 459 g/mol. The third kappa shape index (κ3) is 4.52. The third-order valence-electron chi connectivity index (χ3n) is 5.27. The molecule has 1 N–H and O–H groups in total. The fourth-order valence-corrected chi connectivity index (χ4v) is 3.49. The zero-order valence-corrected chi connectivity index (χ0v) is 18.8. The van der Waals surface area contributed by atoms with Gasteiger partial charge in [0.25, 0.3) is 5.91 Å². The van der Waals surface area contributed by atoms with Crippen LogP contribution in [0.5, 0.6) is 11.5 Å². The number of ether oxygens (including phenoxy) is 2. The minimum atomic E-state index is -0.451. The molecule has 1 heterocycles. The zero-order chi connectivity index (χ0) is 24.2. The first-order valence-electron chi connectivity index (χ1n) is 10.4. The molecule has 7 nitrogen and oxygen atoms in total. The van der Waals surface area contributed by atoms with Crippen molar-refractivity contribution in [1.29, 1.82) is 0 Å². The molecule has 4 rings (SSSR count). The van der Waals surface area contributed by atoms with E-state index in [2.05, 4.69) is 10.4 Å². The summed E-state index contributed by atoms with van der Waals surface area (Å²) in [7, 11) is 3.06. The maximum absolute atomic E-state index is 13.6. The van der Waals surface area contributed by atoms with Crippen molar-refractivity contribution in [2.75, 3.05) is 19.5 Å². The summed E-state index contributed by atoms with van der Waals surface area (Å²) in [5.41, 5.74) is 1.46. The number of nitrogens with zero attached hydrogens (tertiary/aromatic N) is 2. The maximum Gasteiger partial charge on any atom is 0.256 e. The van der Waals surface area contributed by atoms with Crippen molar-refractivity contribution in [3.8, 4) is 28.3 Å². The highest BCUT2D eigenvalue weighted by atomic mass is 19.1. The van der Waals surface area contributed by atoms with Crippen LogP contribution in [0.25, 0.3) is 16.8 Å². The number of anilines is 1. The van der Waals surface area contributed by atoms with Crippen LogP contribution in [0.2, 0.25) is 0 Å². The lowest BCUT2D eigenvalue weighted by molar-refractivity contribution is 0.102. The summed E-state index contributed by atoms with van der Waals surface area (Å²) in [4.78, 5) is 26.5. The number of rotatable bonds is 6. The standard InChI is InChI=1S/C26H22FN3O4/c1-16-24(31)23(18-5-4-6-22(15-18)34-3)25(30(29-16)20-11-9-19(27)10-12-20)28-26(32)17-7-13-21(33-2)14-8-17/h4-15H,1-3H3,(H,28,32). The summed E-state index contributed by atoms with van der Waals surface area (Å²) < 4.78 is 25.5. The van der Waals surface area contributed by atoms with Gasteiger partial charge in [-0.05, 0) is 73.2 Å². The SMILES string of the molecule is COc1ccc(C(=O)Nc2c(-c3cccc(OC)c3)c(=O)c(C)nn2-c2ccc(F)cc2)cc1. The number of hydrogen-bond acceptors (Lipinski definition) is 5. The average Bonchev–Trinajstić information content (AvgIpc) is 2.87. The van der Waals surface area contributed by atoms with Crippen molar-refractivity contribution >= 4 is 11.7 Å². The van der Waals surface area contributed by atoms with E-state index in [0.29, 0.717) is 28.3 Å². The molecule has 172 valence electrons. The minimum absolute atomic E-state index is 0.149. The van der Waals surface area contributed by atoms with Gasteiger partial charge in [-0.25, -0.2) is 9.07 Å². The average molecular weight is 459 g/mol. The normalized spacial score (nSPS) is 10.6. The Morgan fingerprint density at radius 3 is 2.26 bits per heavy atom. The number of nitrogens with one attached hydrogen (secondary N) is 1. The second-order valence-electron chi connectivity index (χ2n) is 7.44. The Morgan fingerprint density at radius 2 is 1.62 bits per heavy atom. The number of benzene rings is 3. The summed E-state index contributed by atoms with van der Waals surface area (Å²) in [6, 6.07) is 19.1. The van der Waals surface area contributed by atoms with Crippen molar-refractivity contribution in [3.63, 3.8) is 0 Å². The fraction of sp³-hybridized carbons (Fsp3) is 0.115. The Labute approximate surface area is 195 Å². The van der Waals surface area contributed by atoms with Crippen LogP contribution < -0.4 is 20.2 Å². The van der Waals surface area contributed by atoms with Gasteiger partial charge in [0, 0.05) is 5.56 Å². The van der Waals surface area contributed by atoms with E-state index in [1.165, 1.54) is 43.2 Å². The lowest BCUT2D eigenvalue weighted by Crippen LogP contribution is -2.25. The molecule has 0 saturated heterocycles. The highest BCUT2D eigenvalue weighted by Gasteiger charge is 2.21. The molecule has 1 amide bonds. The summed E-state index contributed by atoms with van der Waals surface area (Å²) in [6.45, 7) is 1.58. The van der Waals surface area contributed by atoms with E-state index in [-0.39, 0.29) is 22.5 Å². The molecule has 0 spiro atoms. The molecular weight excluding hydrogens is 437 g/mol. The summed E-state index contributed by atoms with van der Waals surface area (Å²) in [5, 5.41) is 7.23. The molecule has 0 fully saturated rings. The molecule has 0 aliphatic rings. The van der Waals surface area contributed by atoms with Gasteiger partial charge in [-0.15, -0.1) is 0 Å². The van der Waals surface area contributed by atoms with Crippen molar-refractivity contribution in [2.45, 2.75) is 6.92 Å². The minimum Gasteiger partial charge on any atom is -0.497 e. The van der Waals surface area contributed by atoms with E-state index in [1.807, 2.05) is 0 Å². The first-order chi connectivity index (χ1) is 16.4. The highest BCUT2D eigenvalue weighted by Crippen LogP contribution is 2.30. The quantitative estimate of drug-likeness (QED) is 0.455. The predicted molar refractivity (Wildman–Crippen MR) is 127 cm³/mol. The van der Waals surface area contributed by atoms with Crippen LogP contribution in [0.3, 0.4) is 0 Å². The molecule has 0 atom stereocenters. The number of carbonyl (C=O) groups excluding carboxylic acids is 1. The summed E-state index contributed by atoms with van der Waals surface area (Å²) >= 11 is 0. The van der Waals surface area contributed by atoms with Gasteiger partial charge < -0.3 is 14.8 Å². The van der Waals surface area contributed by atoms with Crippen LogP contribution in [0.4, 0.5) is 10.2 Å². The van der Waals surface area contributed by atoms with E-state index in [1.54, 1.807) is 55.5 Å². The topological polar surface area (TPSA) is 82.4 Å². The van der Waals surface area contributed by atoms with Gasteiger partial charge in [0.15, 0.2) is 0 Å². The molecule has 3 aromatic carbocycles. The lowest BCUT2D eigenvalue weighted by Gasteiger charge is -2.19. The van der Waals surface area contributed by atoms with E-state index in [9.17, 15) is 14.0 Å². The molecule has 8 heteroatoms. The number of hydrogen-bond donors (Lipinski definition) is 1. The van der Waals surface area contributed by atoms with E-state index < -0.39 is 11.7 Å². The molecule has 34 heavy (non-hydrogen) atoms. The molecule has 0 unspecified atom stereocenters. The second-order valence-corrected chi connectivity index (χ2v) is 7.44. The molecule has 4 aromatic rings. The Balaban J connectivity index is 1.93. The molecular formula is C26H22FN3O4. The van der Waals surface area contributed by atoms with Crippen LogP contribution in [0.1, 0.15) is 16.1 Å². The Morgan fingerprint density at radius 1 is 0.941 bits per heavy atom. The van der Waals surface area contributed by atoms with Crippen molar-refractivity contribution in [3.05, 3.63) is 100 Å². The van der Waals surface area contributed by atoms with Crippen LogP contribution in [-0.2, 0) is 0 Å². The second kappa shape index (κ2) is 9.58. The molecule has 0 aliphatic heterocycles. The number of aromatic nitrogens is 2. The molecule has 1 aromatic heterocycles. The Bertz CT molecular complexity index is 1400.